The first-order valence-electron chi connectivity index (χ1n) is 12.2. The highest BCUT2D eigenvalue weighted by atomic mass is 32.1. The Morgan fingerprint density at radius 2 is 1.91 bits per heavy atom. The second-order valence-electron chi connectivity index (χ2n) is 10.0. The van der Waals surface area contributed by atoms with Crippen LogP contribution in [-0.4, -0.2) is 33.6 Å². The number of hydrogen-bond acceptors (Lipinski definition) is 4. The van der Waals surface area contributed by atoms with Gasteiger partial charge in [0.1, 0.15) is 5.82 Å². The van der Waals surface area contributed by atoms with Crippen molar-refractivity contribution in [2.45, 2.75) is 59.0 Å². The molecule has 1 aliphatic rings. The largest absolute Gasteiger partial charge is 0.301 e. The van der Waals surface area contributed by atoms with Gasteiger partial charge in [0.25, 0.3) is 5.56 Å². The van der Waals surface area contributed by atoms with Crippen LogP contribution in [-0.2, 0) is 6.54 Å². The van der Waals surface area contributed by atoms with E-state index >= 15 is 0 Å². The maximum Gasteiger partial charge on any atom is 0.261 e. The van der Waals surface area contributed by atoms with Crippen molar-refractivity contribution in [2.75, 3.05) is 13.1 Å². The molecule has 5 rings (SSSR count). The summed E-state index contributed by atoms with van der Waals surface area (Å²) in [6, 6.07) is 17.4. The number of thiophene rings is 1. The van der Waals surface area contributed by atoms with E-state index in [4.69, 9.17) is 4.98 Å². The van der Waals surface area contributed by atoms with Crippen LogP contribution in [0.5, 0.6) is 0 Å². The standard InChI is InChI=1S/C28H33N3OS/c1-18(2)27-29-24-12-11-22(26-15-21-9-5-6-10-25(21)33-26)14-23(24)28(32)31(27)17-20-8-7-13-30(16-20)19(3)4/h5-6,9-12,14-15,18-20H,7-8,13,16-17H2,1-4H3/t20-/m0/s1. The molecule has 33 heavy (non-hydrogen) atoms. The van der Waals surface area contributed by atoms with Crippen LogP contribution < -0.4 is 5.56 Å². The molecule has 2 aromatic carbocycles. The summed E-state index contributed by atoms with van der Waals surface area (Å²) in [6.45, 7) is 11.8. The molecule has 0 amide bonds. The normalized spacial score (nSPS) is 17.6. The molecule has 0 spiro atoms. The van der Waals surface area contributed by atoms with Crippen molar-refractivity contribution in [3.8, 4) is 10.4 Å². The molecule has 5 heteroatoms. The fraction of sp³-hybridized carbons (Fsp3) is 0.429. The maximum atomic E-state index is 13.8. The van der Waals surface area contributed by atoms with Crippen molar-refractivity contribution in [3.05, 3.63) is 64.7 Å². The number of hydrogen-bond donors (Lipinski definition) is 0. The van der Waals surface area contributed by atoms with E-state index in [0.29, 0.717) is 12.0 Å². The van der Waals surface area contributed by atoms with Gasteiger partial charge in [0.15, 0.2) is 0 Å². The van der Waals surface area contributed by atoms with Crippen molar-refractivity contribution < 1.29 is 0 Å². The summed E-state index contributed by atoms with van der Waals surface area (Å²) in [5.74, 6) is 1.60. The van der Waals surface area contributed by atoms with Crippen molar-refractivity contribution >= 4 is 32.3 Å². The Hall–Kier alpha value is -2.50. The Bertz CT molecular complexity index is 1320. The van der Waals surface area contributed by atoms with Crippen molar-refractivity contribution in [1.82, 2.24) is 14.5 Å². The second-order valence-corrected chi connectivity index (χ2v) is 11.1. The van der Waals surface area contributed by atoms with Crippen LogP contribution in [0.4, 0.5) is 0 Å². The summed E-state index contributed by atoms with van der Waals surface area (Å²) in [7, 11) is 0. The molecule has 172 valence electrons. The van der Waals surface area contributed by atoms with E-state index in [2.05, 4.69) is 75.1 Å². The Morgan fingerprint density at radius 1 is 1.09 bits per heavy atom. The lowest BCUT2D eigenvalue weighted by Gasteiger charge is -2.36. The summed E-state index contributed by atoms with van der Waals surface area (Å²) in [5, 5.41) is 1.97. The topological polar surface area (TPSA) is 38.1 Å². The zero-order valence-electron chi connectivity index (χ0n) is 20.0. The van der Waals surface area contributed by atoms with Gasteiger partial charge < -0.3 is 4.90 Å². The van der Waals surface area contributed by atoms with Gasteiger partial charge >= 0.3 is 0 Å². The molecule has 0 N–H and O–H groups in total. The third-order valence-electron chi connectivity index (χ3n) is 6.93. The number of nitrogens with zero attached hydrogens (tertiary/aromatic N) is 3. The quantitative estimate of drug-likeness (QED) is 0.341. The predicted octanol–water partition coefficient (Wildman–Crippen LogP) is 6.52. The monoisotopic (exact) mass is 459 g/mol. The Morgan fingerprint density at radius 3 is 2.67 bits per heavy atom. The number of aromatic nitrogens is 2. The highest BCUT2D eigenvalue weighted by Crippen LogP contribution is 2.34. The molecule has 4 nitrogen and oxygen atoms in total. The first-order chi connectivity index (χ1) is 15.9. The summed E-state index contributed by atoms with van der Waals surface area (Å²) in [6.07, 6.45) is 2.37. The van der Waals surface area contributed by atoms with Crippen LogP contribution in [0.25, 0.3) is 31.4 Å². The summed E-state index contributed by atoms with van der Waals surface area (Å²) >= 11 is 1.77. The van der Waals surface area contributed by atoms with Gasteiger partial charge in [0, 0.05) is 34.6 Å². The molecule has 2 aromatic heterocycles. The fourth-order valence-corrected chi connectivity index (χ4v) is 6.17. The average Bonchev–Trinajstić information content (AvgIpc) is 3.25. The summed E-state index contributed by atoms with van der Waals surface area (Å²) < 4.78 is 3.25. The SMILES string of the molecule is CC(C)c1nc2ccc(-c3cc4ccccc4s3)cc2c(=O)n1C[C@H]1CCCN(C(C)C)C1. The molecule has 1 saturated heterocycles. The van der Waals surface area contributed by atoms with Crippen LogP contribution in [0.3, 0.4) is 0 Å². The maximum absolute atomic E-state index is 13.8. The molecular weight excluding hydrogens is 426 g/mol. The minimum Gasteiger partial charge on any atom is -0.301 e. The van der Waals surface area contributed by atoms with Crippen LogP contribution in [0.1, 0.15) is 52.3 Å². The van der Waals surface area contributed by atoms with E-state index in [1.54, 1.807) is 11.3 Å². The van der Waals surface area contributed by atoms with Crippen LogP contribution in [0.2, 0.25) is 0 Å². The highest BCUT2D eigenvalue weighted by molar-refractivity contribution is 7.22. The zero-order valence-corrected chi connectivity index (χ0v) is 20.9. The van der Waals surface area contributed by atoms with Crippen molar-refractivity contribution in [2.24, 2.45) is 5.92 Å². The smallest absolute Gasteiger partial charge is 0.261 e. The van der Waals surface area contributed by atoms with E-state index < -0.39 is 0 Å². The summed E-state index contributed by atoms with van der Waals surface area (Å²) in [4.78, 5) is 22.5. The van der Waals surface area contributed by atoms with E-state index in [1.165, 1.54) is 27.8 Å². The van der Waals surface area contributed by atoms with Gasteiger partial charge in [0.05, 0.1) is 10.9 Å². The van der Waals surface area contributed by atoms with Gasteiger partial charge in [-0.25, -0.2) is 4.98 Å². The van der Waals surface area contributed by atoms with Crippen LogP contribution >= 0.6 is 11.3 Å². The summed E-state index contributed by atoms with van der Waals surface area (Å²) in [5.41, 5.74) is 2.00. The average molecular weight is 460 g/mol. The molecule has 1 fully saturated rings. The van der Waals surface area contributed by atoms with E-state index in [1.807, 2.05) is 10.6 Å². The first kappa shape index (κ1) is 22.3. The van der Waals surface area contributed by atoms with Gasteiger partial charge in [-0.1, -0.05) is 38.1 Å². The molecule has 1 aliphatic heterocycles. The Kier molecular flexibility index (Phi) is 6.11. The minimum absolute atomic E-state index is 0.105. The molecule has 4 aromatic rings. The molecule has 0 aliphatic carbocycles. The molecule has 0 radical (unpaired) electrons. The molecule has 1 atom stereocenters. The van der Waals surface area contributed by atoms with Crippen molar-refractivity contribution in [3.63, 3.8) is 0 Å². The number of benzene rings is 2. The predicted molar refractivity (Wildman–Crippen MR) is 140 cm³/mol. The molecule has 0 saturated carbocycles. The van der Waals surface area contributed by atoms with Crippen LogP contribution in [0.15, 0.2) is 53.3 Å². The van der Waals surface area contributed by atoms with Gasteiger partial charge in [-0.15, -0.1) is 11.3 Å². The van der Waals surface area contributed by atoms with Gasteiger partial charge in [-0.05, 0) is 74.4 Å². The van der Waals surface area contributed by atoms with Gasteiger partial charge in [-0.2, -0.15) is 0 Å². The van der Waals surface area contributed by atoms with E-state index in [9.17, 15) is 4.79 Å². The third kappa shape index (κ3) is 4.36. The second kappa shape index (κ2) is 9.03. The van der Waals surface area contributed by atoms with Crippen molar-refractivity contribution in [1.29, 1.82) is 0 Å². The van der Waals surface area contributed by atoms with E-state index in [-0.39, 0.29) is 11.5 Å². The van der Waals surface area contributed by atoms with Crippen LogP contribution in [0, 0.1) is 5.92 Å². The molecule has 3 heterocycles. The Labute approximate surface area is 199 Å². The number of likely N-dealkylation sites (tertiary alicyclic amines) is 1. The Balaban J connectivity index is 1.56. The number of fused-ring (bicyclic) bond motifs is 2. The number of piperidine rings is 1. The minimum atomic E-state index is 0.105. The highest BCUT2D eigenvalue weighted by Gasteiger charge is 2.24. The van der Waals surface area contributed by atoms with Gasteiger partial charge in [-0.3, -0.25) is 9.36 Å². The molecular formula is C28H33N3OS. The fourth-order valence-electron chi connectivity index (χ4n) is 5.11. The van der Waals surface area contributed by atoms with E-state index in [0.717, 1.165) is 41.9 Å². The lowest BCUT2D eigenvalue weighted by molar-refractivity contribution is 0.129. The lowest BCUT2D eigenvalue weighted by Crippen LogP contribution is -2.42. The zero-order chi connectivity index (χ0) is 23.1. The molecule has 0 unspecified atom stereocenters. The lowest BCUT2D eigenvalue weighted by atomic mass is 9.96. The third-order valence-corrected chi connectivity index (χ3v) is 8.10. The number of rotatable bonds is 5. The first-order valence-corrected chi connectivity index (χ1v) is 13.0. The van der Waals surface area contributed by atoms with Gasteiger partial charge in [0.2, 0.25) is 0 Å². The molecule has 0 bridgehead atoms.